The Morgan fingerprint density at radius 2 is 2.12 bits per heavy atom. The number of carbonyl (C=O) groups is 1. The number of allylic oxidation sites excluding steroid dienone is 2. The van der Waals surface area contributed by atoms with Crippen LogP contribution >= 0.6 is 23.2 Å². The van der Waals surface area contributed by atoms with E-state index in [-0.39, 0.29) is 29.1 Å². The second-order valence-electron chi connectivity index (χ2n) is 9.54. The molecule has 6 unspecified atom stereocenters. The normalized spacial score (nSPS) is 30.2. The first-order chi connectivity index (χ1) is 15.9. The van der Waals surface area contributed by atoms with Crippen LogP contribution in [-0.2, 0) is 14.3 Å². The Labute approximate surface area is 210 Å². The molecule has 0 bridgehead atoms. The third-order valence-corrected chi connectivity index (χ3v) is 7.83. The van der Waals surface area contributed by atoms with Gasteiger partial charge in [-0.3, -0.25) is 0 Å². The minimum absolute atomic E-state index is 0.0605. The highest BCUT2D eigenvalue weighted by Crippen LogP contribution is 2.39. The average molecular weight is 507 g/mol. The molecule has 0 radical (unpaired) electrons. The molecular formula is C25H45Cl2N3O3. The molecular weight excluding hydrogens is 461 g/mol. The predicted octanol–water partition coefficient (Wildman–Crippen LogP) is 4.47. The molecule has 1 heterocycles. The van der Waals surface area contributed by atoms with Gasteiger partial charge in [0.25, 0.3) is 0 Å². The lowest BCUT2D eigenvalue weighted by atomic mass is 9.74. The number of alkyl halides is 2. The van der Waals surface area contributed by atoms with E-state index in [1.807, 2.05) is 0 Å². The maximum absolute atomic E-state index is 11.7. The molecule has 192 valence electrons. The predicted molar refractivity (Wildman–Crippen MR) is 137 cm³/mol. The first-order valence-electron chi connectivity index (χ1n) is 12.8. The van der Waals surface area contributed by atoms with E-state index in [1.54, 1.807) is 0 Å². The summed E-state index contributed by atoms with van der Waals surface area (Å²) < 4.78 is 11.8. The summed E-state index contributed by atoms with van der Waals surface area (Å²) in [5.74, 6) is 0. The third kappa shape index (κ3) is 9.65. The molecule has 4 N–H and O–H groups in total. The molecule has 33 heavy (non-hydrogen) atoms. The summed E-state index contributed by atoms with van der Waals surface area (Å²) in [6.45, 7) is 6.89. The molecule has 0 aromatic rings. The molecule has 6 nitrogen and oxygen atoms in total. The van der Waals surface area contributed by atoms with Gasteiger partial charge >= 0.3 is 0 Å². The maximum atomic E-state index is 11.7. The lowest BCUT2D eigenvalue weighted by Gasteiger charge is -2.38. The Kier molecular flexibility index (Phi) is 13.6. The summed E-state index contributed by atoms with van der Waals surface area (Å²) in [6.07, 6.45) is 12.5. The first-order valence-corrected chi connectivity index (χ1v) is 13.7. The van der Waals surface area contributed by atoms with E-state index >= 15 is 0 Å². The molecule has 8 heteroatoms. The van der Waals surface area contributed by atoms with Crippen molar-refractivity contribution in [2.75, 3.05) is 26.3 Å². The van der Waals surface area contributed by atoms with E-state index in [0.29, 0.717) is 26.1 Å². The van der Waals surface area contributed by atoms with Crippen molar-refractivity contribution < 1.29 is 14.3 Å². The Morgan fingerprint density at radius 3 is 2.76 bits per heavy atom. The minimum atomic E-state index is -0.544. The van der Waals surface area contributed by atoms with E-state index in [2.05, 4.69) is 30.6 Å². The standard InChI is InChI=1S/C25H45Cl2N3O3/c1-3-6-20(7-4-2)30-21(22-8-5-14-32-22)9-10-24(28)33-15-13-29-17-25(18-31)12-11-19(26)16-23(25)27/h6,18-19,21-24,29-30H,3-5,7-17,28H2,1-2H3/b20-6+. The number of hydrogen-bond acceptors (Lipinski definition) is 6. The van der Waals surface area contributed by atoms with Crippen LogP contribution in [0.15, 0.2) is 11.8 Å². The van der Waals surface area contributed by atoms with E-state index in [1.165, 1.54) is 5.70 Å². The number of rotatable bonds is 16. The molecule has 1 aliphatic heterocycles. The Balaban J connectivity index is 1.72. The highest BCUT2D eigenvalue weighted by molar-refractivity contribution is 6.24. The zero-order valence-corrected chi connectivity index (χ0v) is 22.0. The lowest BCUT2D eigenvalue weighted by molar-refractivity contribution is -0.117. The number of nitrogens with one attached hydrogen (secondary N) is 2. The molecule has 1 aliphatic carbocycles. The Morgan fingerprint density at radius 1 is 1.30 bits per heavy atom. The molecule has 2 aliphatic rings. The monoisotopic (exact) mass is 505 g/mol. The summed E-state index contributed by atoms with van der Waals surface area (Å²) in [5.41, 5.74) is 7.02. The highest BCUT2D eigenvalue weighted by Gasteiger charge is 2.42. The summed E-state index contributed by atoms with van der Waals surface area (Å²) in [6, 6.07) is 0.259. The fourth-order valence-electron chi connectivity index (χ4n) is 4.82. The van der Waals surface area contributed by atoms with E-state index in [9.17, 15) is 4.79 Å². The van der Waals surface area contributed by atoms with Crippen LogP contribution < -0.4 is 16.4 Å². The van der Waals surface area contributed by atoms with Gasteiger partial charge in [0.1, 0.15) is 12.5 Å². The zero-order chi connectivity index (χ0) is 24.1. The van der Waals surface area contributed by atoms with Gasteiger partial charge in [-0.05, 0) is 57.8 Å². The van der Waals surface area contributed by atoms with Crippen molar-refractivity contribution in [1.82, 2.24) is 10.6 Å². The van der Waals surface area contributed by atoms with Crippen LogP contribution in [0.25, 0.3) is 0 Å². The van der Waals surface area contributed by atoms with Gasteiger partial charge < -0.3 is 30.6 Å². The van der Waals surface area contributed by atoms with Crippen LogP contribution in [-0.4, -0.2) is 61.7 Å². The number of hydrogen-bond donors (Lipinski definition) is 3. The van der Waals surface area contributed by atoms with Crippen molar-refractivity contribution >= 4 is 29.5 Å². The van der Waals surface area contributed by atoms with Gasteiger partial charge in [-0.1, -0.05) is 26.3 Å². The molecule has 0 spiro atoms. The largest absolute Gasteiger partial charge is 0.383 e. The third-order valence-electron chi connectivity index (χ3n) is 6.83. The molecule has 1 saturated heterocycles. The van der Waals surface area contributed by atoms with Crippen molar-refractivity contribution in [3.8, 4) is 0 Å². The molecule has 2 rings (SSSR count). The fourth-order valence-corrected chi connectivity index (χ4v) is 5.65. The molecule has 6 atom stereocenters. The zero-order valence-electron chi connectivity index (χ0n) is 20.5. The maximum Gasteiger partial charge on any atom is 0.128 e. The Bertz CT molecular complexity index is 589. The van der Waals surface area contributed by atoms with Crippen molar-refractivity contribution in [3.63, 3.8) is 0 Å². The SMILES string of the molecule is CC/C=C(\CCC)NC(CCC(N)OCCNCC1(C=O)CCC(Cl)CC1Cl)C1CCCO1. The fraction of sp³-hybridized carbons (Fsp3) is 0.880. The minimum Gasteiger partial charge on any atom is -0.383 e. The van der Waals surface area contributed by atoms with Gasteiger partial charge in [-0.2, -0.15) is 0 Å². The molecule has 1 saturated carbocycles. The van der Waals surface area contributed by atoms with Crippen LogP contribution in [0, 0.1) is 5.41 Å². The summed E-state index contributed by atoms with van der Waals surface area (Å²) >= 11 is 12.7. The van der Waals surface area contributed by atoms with Gasteiger partial charge in [0.05, 0.1) is 24.2 Å². The quantitative estimate of drug-likeness (QED) is 0.124. The average Bonchev–Trinajstić information content (AvgIpc) is 3.33. The van der Waals surface area contributed by atoms with E-state index in [0.717, 1.165) is 70.7 Å². The van der Waals surface area contributed by atoms with E-state index < -0.39 is 5.41 Å². The van der Waals surface area contributed by atoms with Crippen molar-refractivity contribution in [2.45, 2.75) is 107 Å². The number of ether oxygens (including phenoxy) is 2. The van der Waals surface area contributed by atoms with Crippen molar-refractivity contribution in [2.24, 2.45) is 11.1 Å². The summed E-state index contributed by atoms with van der Waals surface area (Å²) in [5, 5.41) is 6.90. The van der Waals surface area contributed by atoms with Gasteiger partial charge in [-0.15, -0.1) is 23.2 Å². The topological polar surface area (TPSA) is 85.6 Å². The molecule has 0 amide bonds. The van der Waals surface area contributed by atoms with Gasteiger partial charge in [0, 0.05) is 36.1 Å². The van der Waals surface area contributed by atoms with Crippen LogP contribution in [0.2, 0.25) is 0 Å². The second-order valence-corrected chi connectivity index (χ2v) is 10.7. The van der Waals surface area contributed by atoms with Gasteiger partial charge in [0.15, 0.2) is 0 Å². The van der Waals surface area contributed by atoms with Crippen LogP contribution in [0.5, 0.6) is 0 Å². The number of halogens is 2. The number of carbonyl (C=O) groups excluding carboxylic acids is 1. The molecule has 2 fully saturated rings. The molecule has 0 aromatic heterocycles. The second kappa shape index (κ2) is 15.6. The number of nitrogens with two attached hydrogens (primary N) is 1. The number of aldehydes is 1. The van der Waals surface area contributed by atoms with Crippen molar-refractivity contribution in [3.05, 3.63) is 11.8 Å². The molecule has 0 aromatic carbocycles. The highest BCUT2D eigenvalue weighted by atomic mass is 35.5. The summed E-state index contributed by atoms with van der Waals surface area (Å²) in [7, 11) is 0. The summed E-state index contributed by atoms with van der Waals surface area (Å²) in [4.78, 5) is 11.7. The van der Waals surface area contributed by atoms with Crippen LogP contribution in [0.4, 0.5) is 0 Å². The smallest absolute Gasteiger partial charge is 0.128 e. The first kappa shape index (κ1) is 28.9. The van der Waals surface area contributed by atoms with E-state index in [4.69, 9.17) is 38.4 Å². The van der Waals surface area contributed by atoms with Crippen molar-refractivity contribution in [1.29, 1.82) is 0 Å². The lowest BCUT2D eigenvalue weighted by Crippen LogP contribution is -2.47. The van der Waals surface area contributed by atoms with Gasteiger partial charge in [-0.25, -0.2) is 0 Å². The van der Waals surface area contributed by atoms with Crippen LogP contribution in [0.1, 0.15) is 78.1 Å². The Hall–Kier alpha value is -0.370. The van der Waals surface area contributed by atoms with Crippen LogP contribution in [0.3, 0.4) is 0 Å². The van der Waals surface area contributed by atoms with Gasteiger partial charge in [0.2, 0.25) is 0 Å².